The van der Waals surface area contributed by atoms with Gasteiger partial charge in [-0.2, -0.15) is 0 Å². The summed E-state index contributed by atoms with van der Waals surface area (Å²) < 4.78 is 23.9. The van der Waals surface area contributed by atoms with Crippen LogP contribution in [0.25, 0.3) is 0 Å². The maximum absolute atomic E-state index is 11.9. The molecule has 0 saturated heterocycles. The van der Waals surface area contributed by atoms with E-state index in [4.69, 9.17) is 5.11 Å². The van der Waals surface area contributed by atoms with Crippen LogP contribution in [0.3, 0.4) is 0 Å². The normalized spacial score (nSPS) is 11.7. The quantitative estimate of drug-likeness (QED) is 0.839. The molecule has 0 aliphatic heterocycles. The van der Waals surface area contributed by atoms with Crippen LogP contribution in [-0.4, -0.2) is 50.8 Å². The van der Waals surface area contributed by atoms with Crippen molar-refractivity contribution in [3.8, 4) is 0 Å². The minimum absolute atomic E-state index is 0.0671. The van der Waals surface area contributed by atoms with Crippen LogP contribution < -0.4 is 0 Å². The van der Waals surface area contributed by atoms with Gasteiger partial charge in [0.05, 0.1) is 16.2 Å². The Hall–Kier alpha value is -1.40. The zero-order valence-electron chi connectivity index (χ0n) is 10.5. The van der Waals surface area contributed by atoms with Crippen molar-refractivity contribution < 1.29 is 18.3 Å². The predicted octanol–water partition coefficient (Wildman–Crippen LogP) is 1.11. The molecule has 0 spiro atoms. The lowest BCUT2D eigenvalue weighted by atomic mass is 10.2. The van der Waals surface area contributed by atoms with Crippen molar-refractivity contribution in [1.82, 2.24) is 4.90 Å². The number of carboxylic acids is 1. The number of rotatable bonds is 6. The third kappa shape index (κ3) is 4.12. The largest absolute Gasteiger partial charge is 0.478 e. The molecule has 1 rings (SSSR count). The van der Waals surface area contributed by atoms with E-state index in [9.17, 15) is 13.2 Å². The summed E-state index contributed by atoms with van der Waals surface area (Å²) in [5.41, 5.74) is 0.0854. The standard InChI is InChI=1S/C12H17NO4S/c1-13(2)8-3-9-18(16,17)11-6-4-10(5-7-11)12(14)15/h4-7H,3,8-9H2,1-2H3,(H,14,15). The molecule has 0 radical (unpaired) electrons. The number of aromatic carboxylic acids is 1. The monoisotopic (exact) mass is 271 g/mol. The molecule has 0 heterocycles. The van der Waals surface area contributed by atoms with Gasteiger partial charge < -0.3 is 10.0 Å². The lowest BCUT2D eigenvalue weighted by Gasteiger charge is -2.09. The zero-order chi connectivity index (χ0) is 13.8. The third-order valence-electron chi connectivity index (χ3n) is 2.48. The summed E-state index contributed by atoms with van der Waals surface area (Å²) in [6.45, 7) is 0.701. The molecule has 0 unspecified atom stereocenters. The first-order chi connectivity index (χ1) is 8.33. The van der Waals surface area contributed by atoms with E-state index in [1.807, 2.05) is 19.0 Å². The number of carboxylic acid groups (broad SMARTS) is 1. The highest BCUT2D eigenvalue weighted by molar-refractivity contribution is 7.91. The first-order valence-electron chi connectivity index (χ1n) is 5.54. The smallest absolute Gasteiger partial charge is 0.335 e. The maximum Gasteiger partial charge on any atom is 0.335 e. The van der Waals surface area contributed by atoms with Gasteiger partial charge in [-0.3, -0.25) is 0 Å². The minimum Gasteiger partial charge on any atom is -0.478 e. The summed E-state index contributed by atoms with van der Waals surface area (Å²) >= 11 is 0. The first kappa shape index (κ1) is 14.7. The second kappa shape index (κ2) is 5.97. The van der Waals surface area contributed by atoms with E-state index in [0.29, 0.717) is 13.0 Å². The van der Waals surface area contributed by atoms with Gasteiger partial charge >= 0.3 is 5.97 Å². The van der Waals surface area contributed by atoms with Crippen LogP contribution in [0.4, 0.5) is 0 Å². The summed E-state index contributed by atoms with van der Waals surface area (Å²) in [6, 6.07) is 5.30. The van der Waals surface area contributed by atoms with Crippen LogP contribution in [-0.2, 0) is 9.84 Å². The van der Waals surface area contributed by atoms with Gasteiger partial charge in [-0.05, 0) is 51.3 Å². The number of benzene rings is 1. The Labute approximate surface area is 107 Å². The van der Waals surface area contributed by atoms with Crippen LogP contribution in [0.5, 0.6) is 0 Å². The maximum atomic E-state index is 11.9. The Morgan fingerprint density at radius 2 is 1.78 bits per heavy atom. The number of sulfone groups is 1. The van der Waals surface area contributed by atoms with Gasteiger partial charge in [-0.25, -0.2) is 13.2 Å². The fourth-order valence-electron chi connectivity index (χ4n) is 1.49. The molecule has 0 aliphatic rings. The predicted molar refractivity (Wildman–Crippen MR) is 68.6 cm³/mol. The van der Waals surface area contributed by atoms with Gasteiger partial charge in [0.2, 0.25) is 0 Å². The fraction of sp³-hybridized carbons (Fsp3) is 0.417. The van der Waals surface area contributed by atoms with Crippen LogP contribution >= 0.6 is 0 Å². The summed E-state index contributed by atoms with van der Waals surface area (Å²) in [4.78, 5) is 12.7. The Balaban J connectivity index is 2.76. The number of carbonyl (C=O) groups is 1. The first-order valence-corrected chi connectivity index (χ1v) is 7.19. The van der Waals surface area contributed by atoms with Crippen molar-refractivity contribution in [2.24, 2.45) is 0 Å². The second-order valence-corrected chi connectivity index (χ2v) is 6.41. The van der Waals surface area contributed by atoms with E-state index >= 15 is 0 Å². The van der Waals surface area contributed by atoms with Gasteiger partial charge in [0.15, 0.2) is 9.84 Å². The molecule has 0 amide bonds. The highest BCUT2D eigenvalue weighted by atomic mass is 32.2. The average molecular weight is 271 g/mol. The molecule has 0 fully saturated rings. The molecular formula is C12H17NO4S. The molecule has 0 saturated carbocycles. The van der Waals surface area contributed by atoms with E-state index in [2.05, 4.69) is 0 Å². The van der Waals surface area contributed by atoms with Crippen molar-refractivity contribution in [2.75, 3.05) is 26.4 Å². The third-order valence-corrected chi connectivity index (χ3v) is 4.30. The molecule has 1 N–H and O–H groups in total. The van der Waals surface area contributed by atoms with Gasteiger partial charge in [0.1, 0.15) is 0 Å². The Morgan fingerprint density at radius 3 is 2.22 bits per heavy atom. The molecule has 1 aromatic carbocycles. The van der Waals surface area contributed by atoms with Crippen molar-refractivity contribution in [1.29, 1.82) is 0 Å². The van der Waals surface area contributed by atoms with Crippen molar-refractivity contribution in [3.63, 3.8) is 0 Å². The van der Waals surface area contributed by atoms with Crippen LogP contribution in [0, 0.1) is 0 Å². The van der Waals surface area contributed by atoms with E-state index in [1.165, 1.54) is 24.3 Å². The fourth-order valence-corrected chi connectivity index (χ4v) is 2.79. The molecule has 6 heteroatoms. The van der Waals surface area contributed by atoms with Crippen molar-refractivity contribution >= 4 is 15.8 Å². The molecule has 0 aliphatic carbocycles. The molecule has 0 bridgehead atoms. The van der Waals surface area contributed by atoms with Crippen molar-refractivity contribution in [2.45, 2.75) is 11.3 Å². The second-order valence-electron chi connectivity index (χ2n) is 4.31. The highest BCUT2D eigenvalue weighted by Gasteiger charge is 2.14. The zero-order valence-corrected chi connectivity index (χ0v) is 11.3. The lowest BCUT2D eigenvalue weighted by Crippen LogP contribution is -2.17. The molecule has 0 atom stereocenters. The summed E-state index contributed by atoms with van der Waals surface area (Å²) in [5.74, 6) is -0.996. The van der Waals surface area contributed by atoms with E-state index in [-0.39, 0.29) is 16.2 Å². The van der Waals surface area contributed by atoms with Crippen LogP contribution in [0.1, 0.15) is 16.8 Å². The van der Waals surface area contributed by atoms with Crippen LogP contribution in [0.15, 0.2) is 29.2 Å². The van der Waals surface area contributed by atoms with Gasteiger partial charge in [0, 0.05) is 0 Å². The van der Waals surface area contributed by atoms with Crippen LogP contribution in [0.2, 0.25) is 0 Å². The lowest BCUT2D eigenvalue weighted by molar-refractivity contribution is 0.0697. The number of hydrogen-bond acceptors (Lipinski definition) is 4. The Morgan fingerprint density at radius 1 is 1.22 bits per heavy atom. The van der Waals surface area contributed by atoms with Gasteiger partial charge in [-0.1, -0.05) is 0 Å². The highest BCUT2D eigenvalue weighted by Crippen LogP contribution is 2.13. The Bertz CT molecular complexity index is 505. The molecule has 0 aromatic heterocycles. The molecule has 1 aromatic rings. The van der Waals surface area contributed by atoms with E-state index < -0.39 is 15.8 Å². The van der Waals surface area contributed by atoms with E-state index in [0.717, 1.165) is 0 Å². The summed E-state index contributed by atoms with van der Waals surface area (Å²) in [6.07, 6.45) is 0.552. The molecule has 5 nitrogen and oxygen atoms in total. The SMILES string of the molecule is CN(C)CCCS(=O)(=O)c1ccc(C(=O)O)cc1. The number of nitrogens with zero attached hydrogens (tertiary/aromatic N) is 1. The molecule has 18 heavy (non-hydrogen) atoms. The molecule has 100 valence electrons. The van der Waals surface area contributed by atoms with Crippen molar-refractivity contribution in [3.05, 3.63) is 29.8 Å². The average Bonchev–Trinajstić information content (AvgIpc) is 2.28. The molecular weight excluding hydrogens is 254 g/mol. The number of hydrogen-bond donors (Lipinski definition) is 1. The van der Waals surface area contributed by atoms with Gasteiger partial charge in [-0.15, -0.1) is 0 Å². The minimum atomic E-state index is -3.32. The van der Waals surface area contributed by atoms with E-state index in [1.54, 1.807) is 0 Å². The Kier molecular flexibility index (Phi) is 4.86. The summed E-state index contributed by atoms with van der Waals surface area (Å²) in [7, 11) is 0.448. The summed E-state index contributed by atoms with van der Waals surface area (Å²) in [5, 5.41) is 8.73. The topological polar surface area (TPSA) is 74.7 Å². The van der Waals surface area contributed by atoms with Gasteiger partial charge in [0.25, 0.3) is 0 Å².